The molecule has 1 nitrogen and oxygen atoms in total. The lowest BCUT2D eigenvalue weighted by molar-refractivity contribution is 0.313. The third-order valence-electron chi connectivity index (χ3n) is 4.96. The molecule has 0 N–H and O–H groups in total. The lowest BCUT2D eigenvalue weighted by Crippen LogP contribution is -2.27. The molecule has 0 unspecified atom stereocenters. The molecule has 0 radical (unpaired) electrons. The number of hydrogen-bond donors (Lipinski definition) is 0. The smallest absolute Gasteiger partial charge is 0.0412 e. The minimum Gasteiger partial charge on any atom is -0.306 e. The normalized spacial score (nSPS) is 17.9. The number of nitrogens with zero attached hydrogens (tertiary/aromatic N) is 1. The molecule has 0 saturated carbocycles. The van der Waals surface area contributed by atoms with Crippen molar-refractivity contribution in [2.75, 3.05) is 20.1 Å². The summed E-state index contributed by atoms with van der Waals surface area (Å²) < 4.78 is 1.09. The van der Waals surface area contributed by atoms with Crippen LogP contribution in [0.2, 0.25) is 5.02 Å². The summed E-state index contributed by atoms with van der Waals surface area (Å²) in [7, 11) is 2.20. The molecule has 2 aromatic rings. The fourth-order valence-electron chi connectivity index (χ4n) is 3.66. The minimum absolute atomic E-state index is 0.776. The van der Waals surface area contributed by atoms with Gasteiger partial charge in [-0.3, -0.25) is 0 Å². The van der Waals surface area contributed by atoms with Crippen LogP contribution in [0, 0.1) is 0 Å². The van der Waals surface area contributed by atoms with Crippen molar-refractivity contribution in [3.05, 3.63) is 75.3 Å². The Balaban J connectivity index is 2.01. The summed E-state index contributed by atoms with van der Waals surface area (Å²) in [5.41, 5.74) is 8.01. The fraction of sp³-hybridized carbons (Fsp3) is 0.238. The van der Waals surface area contributed by atoms with Crippen LogP contribution in [0.3, 0.4) is 0 Å². The highest BCUT2D eigenvalue weighted by molar-refractivity contribution is 9.15. The van der Waals surface area contributed by atoms with Crippen LogP contribution < -0.4 is 0 Å². The van der Waals surface area contributed by atoms with Crippen molar-refractivity contribution < 1.29 is 0 Å². The average Bonchev–Trinajstić information content (AvgIpc) is 2.70. The summed E-state index contributed by atoms with van der Waals surface area (Å²) >= 11 is 10.1. The van der Waals surface area contributed by atoms with Gasteiger partial charge in [-0.05, 0) is 65.9 Å². The first kappa shape index (κ1) is 16.1. The second-order valence-corrected chi connectivity index (χ2v) is 7.84. The van der Waals surface area contributed by atoms with Gasteiger partial charge in [0.1, 0.15) is 0 Å². The first-order valence-corrected chi connectivity index (χ1v) is 9.48. The predicted octanol–water partition coefficient (Wildman–Crippen LogP) is 6.07. The van der Waals surface area contributed by atoms with E-state index in [9.17, 15) is 0 Å². The van der Waals surface area contributed by atoms with Crippen LogP contribution in [0.25, 0.3) is 16.1 Å². The predicted molar refractivity (Wildman–Crippen MR) is 107 cm³/mol. The molecule has 1 aliphatic carbocycles. The number of benzene rings is 2. The Labute approximate surface area is 156 Å². The van der Waals surface area contributed by atoms with Gasteiger partial charge in [0.2, 0.25) is 0 Å². The van der Waals surface area contributed by atoms with Gasteiger partial charge in [-0.25, -0.2) is 0 Å². The van der Waals surface area contributed by atoms with E-state index in [2.05, 4.69) is 70.4 Å². The lowest BCUT2D eigenvalue weighted by atomic mass is 9.86. The van der Waals surface area contributed by atoms with Gasteiger partial charge in [-0.15, -0.1) is 0 Å². The van der Waals surface area contributed by atoms with Gasteiger partial charge in [0.25, 0.3) is 0 Å². The van der Waals surface area contributed by atoms with Crippen LogP contribution in [0.5, 0.6) is 0 Å². The topological polar surface area (TPSA) is 3.24 Å². The van der Waals surface area contributed by atoms with Crippen LogP contribution in [0.15, 0.2) is 48.0 Å². The third kappa shape index (κ3) is 2.88. The molecule has 0 spiro atoms. The molecule has 1 heterocycles. The van der Waals surface area contributed by atoms with Crippen molar-refractivity contribution in [3.63, 3.8) is 0 Å². The van der Waals surface area contributed by atoms with Gasteiger partial charge >= 0.3 is 0 Å². The summed E-state index contributed by atoms with van der Waals surface area (Å²) in [5.74, 6) is 0. The zero-order valence-electron chi connectivity index (χ0n) is 13.7. The summed E-state index contributed by atoms with van der Waals surface area (Å²) in [5, 5.41) is 0.776. The molecular weight excluding hydrogens is 382 g/mol. The number of likely N-dealkylation sites (tertiary alicyclic amines) is 1. The quantitative estimate of drug-likeness (QED) is 0.518. The van der Waals surface area contributed by atoms with E-state index in [0.717, 1.165) is 35.4 Å². The van der Waals surface area contributed by atoms with Gasteiger partial charge in [0, 0.05) is 22.6 Å². The van der Waals surface area contributed by atoms with Crippen molar-refractivity contribution in [3.8, 4) is 0 Å². The van der Waals surface area contributed by atoms with E-state index >= 15 is 0 Å². The zero-order valence-corrected chi connectivity index (χ0v) is 16.0. The van der Waals surface area contributed by atoms with Gasteiger partial charge in [0.05, 0.1) is 0 Å². The fourth-order valence-corrected chi connectivity index (χ4v) is 4.41. The van der Waals surface area contributed by atoms with Crippen LogP contribution in [-0.4, -0.2) is 25.0 Å². The van der Waals surface area contributed by atoms with Crippen molar-refractivity contribution >= 4 is 43.7 Å². The Hall–Kier alpha value is -1.35. The Morgan fingerprint density at radius 2 is 1.71 bits per heavy atom. The van der Waals surface area contributed by atoms with Crippen LogP contribution in [0.1, 0.15) is 35.1 Å². The van der Waals surface area contributed by atoms with E-state index in [1.165, 1.54) is 27.8 Å². The zero-order chi connectivity index (χ0) is 16.7. The van der Waals surface area contributed by atoms with Crippen LogP contribution >= 0.6 is 27.5 Å². The van der Waals surface area contributed by atoms with E-state index in [1.807, 2.05) is 6.07 Å². The molecule has 2 aromatic carbocycles. The highest BCUT2D eigenvalue weighted by Crippen LogP contribution is 2.43. The molecule has 0 amide bonds. The highest BCUT2D eigenvalue weighted by Gasteiger charge is 2.23. The molecule has 3 heteroatoms. The second-order valence-electron chi connectivity index (χ2n) is 6.55. The van der Waals surface area contributed by atoms with Crippen LogP contribution in [-0.2, 0) is 0 Å². The third-order valence-corrected chi connectivity index (χ3v) is 5.86. The van der Waals surface area contributed by atoms with E-state index in [-0.39, 0.29) is 0 Å². The summed E-state index contributed by atoms with van der Waals surface area (Å²) in [4.78, 5) is 2.41. The van der Waals surface area contributed by atoms with Gasteiger partial charge < -0.3 is 4.90 Å². The standard InChI is InChI=1S/C21H19BrClN/c1-24-10-8-14(9-11-24)21-17-5-3-2-4-15(17)12-20(22)19-13-16(23)6-7-18(19)21/h2-7,12-13H,8-11H2,1H3. The van der Waals surface area contributed by atoms with Crippen molar-refractivity contribution in [2.24, 2.45) is 0 Å². The average molecular weight is 401 g/mol. The van der Waals surface area contributed by atoms with E-state index in [0.29, 0.717) is 0 Å². The Kier molecular flexibility index (Phi) is 4.38. The number of hydrogen-bond acceptors (Lipinski definition) is 1. The first-order chi connectivity index (χ1) is 11.6. The Morgan fingerprint density at radius 3 is 2.50 bits per heavy atom. The molecule has 0 atom stereocenters. The SMILES string of the molecule is CN1CCC(=C2c3ccccc3C=C(Br)c3cc(Cl)ccc32)CC1. The second kappa shape index (κ2) is 6.51. The summed E-state index contributed by atoms with van der Waals surface area (Å²) in [6.07, 6.45) is 4.46. The molecule has 0 aromatic heterocycles. The first-order valence-electron chi connectivity index (χ1n) is 8.31. The molecule has 1 aliphatic heterocycles. The molecule has 1 fully saturated rings. The number of piperidine rings is 1. The summed E-state index contributed by atoms with van der Waals surface area (Å²) in [6.45, 7) is 2.25. The van der Waals surface area contributed by atoms with Gasteiger partial charge in [-0.1, -0.05) is 63.4 Å². The maximum Gasteiger partial charge on any atom is 0.0412 e. The molecule has 4 rings (SSSR count). The number of halogens is 2. The van der Waals surface area contributed by atoms with E-state index in [1.54, 1.807) is 5.57 Å². The van der Waals surface area contributed by atoms with E-state index in [4.69, 9.17) is 11.6 Å². The highest BCUT2D eigenvalue weighted by atomic mass is 79.9. The Morgan fingerprint density at radius 1 is 0.958 bits per heavy atom. The van der Waals surface area contributed by atoms with Gasteiger partial charge in [-0.2, -0.15) is 0 Å². The number of rotatable bonds is 0. The Bertz CT molecular complexity index is 856. The van der Waals surface area contributed by atoms with Gasteiger partial charge in [0.15, 0.2) is 0 Å². The molecule has 24 heavy (non-hydrogen) atoms. The van der Waals surface area contributed by atoms with E-state index < -0.39 is 0 Å². The largest absolute Gasteiger partial charge is 0.306 e. The van der Waals surface area contributed by atoms with Crippen molar-refractivity contribution in [2.45, 2.75) is 12.8 Å². The molecule has 1 saturated heterocycles. The summed E-state index contributed by atoms with van der Waals surface area (Å²) in [6, 6.07) is 14.9. The lowest BCUT2D eigenvalue weighted by Gasteiger charge is -2.27. The molecule has 0 bridgehead atoms. The maximum absolute atomic E-state index is 6.29. The van der Waals surface area contributed by atoms with Crippen LogP contribution in [0.4, 0.5) is 0 Å². The number of fused-ring (bicyclic) bond motifs is 2. The monoisotopic (exact) mass is 399 g/mol. The minimum atomic E-state index is 0.776. The maximum atomic E-state index is 6.29. The molecular formula is C21H19BrClN. The van der Waals surface area contributed by atoms with Crippen molar-refractivity contribution in [1.29, 1.82) is 0 Å². The molecule has 2 aliphatic rings. The van der Waals surface area contributed by atoms with Crippen molar-refractivity contribution in [1.82, 2.24) is 4.90 Å². The molecule has 122 valence electrons.